The van der Waals surface area contributed by atoms with E-state index in [0.29, 0.717) is 11.7 Å². The largest absolute Gasteiger partial charge is 0.483 e. The Morgan fingerprint density at radius 3 is 2.44 bits per heavy atom. The molecule has 2 N–H and O–H groups in total. The van der Waals surface area contributed by atoms with E-state index in [2.05, 4.69) is 40.6 Å². The van der Waals surface area contributed by atoms with Gasteiger partial charge in [0.05, 0.1) is 4.47 Å². The minimum absolute atomic E-state index is 0.207. The number of carbonyl (C=O) groups excluding carboxylic acids is 2. The minimum atomic E-state index is -0.452. The summed E-state index contributed by atoms with van der Waals surface area (Å²) in [6, 6.07) is 13.5. The number of hydrogen-bond donors (Lipinski definition) is 2. The quantitative estimate of drug-likeness (QED) is 0.534. The fourth-order valence-electron chi connectivity index (χ4n) is 2.20. The molecule has 0 aliphatic carbocycles. The lowest BCUT2D eigenvalue weighted by molar-refractivity contribution is -0.128. The van der Waals surface area contributed by atoms with Gasteiger partial charge in [0.2, 0.25) is 0 Å². The van der Waals surface area contributed by atoms with Gasteiger partial charge in [0.1, 0.15) is 5.75 Å². The summed E-state index contributed by atoms with van der Waals surface area (Å²) in [5.74, 6) is 0.0975. The van der Waals surface area contributed by atoms with E-state index < -0.39 is 11.8 Å². The van der Waals surface area contributed by atoms with E-state index >= 15 is 0 Å². The van der Waals surface area contributed by atoms with E-state index in [-0.39, 0.29) is 6.61 Å². The van der Waals surface area contributed by atoms with Gasteiger partial charge in [-0.05, 0) is 58.1 Å². The van der Waals surface area contributed by atoms with Gasteiger partial charge in [-0.15, -0.1) is 0 Å². The molecule has 0 radical (unpaired) electrons. The van der Waals surface area contributed by atoms with Gasteiger partial charge in [-0.2, -0.15) is 0 Å². The number of hydrogen-bond acceptors (Lipinski definition) is 3. The molecule has 0 atom stereocenters. The average Bonchev–Trinajstić information content (AvgIpc) is 2.64. The molecule has 0 saturated heterocycles. The minimum Gasteiger partial charge on any atom is -0.483 e. The molecule has 5 nitrogen and oxygen atoms in total. The molecule has 0 aromatic heterocycles. The van der Waals surface area contributed by atoms with E-state index in [0.717, 1.165) is 15.6 Å². The Hall–Kier alpha value is -2.60. The van der Waals surface area contributed by atoms with Gasteiger partial charge in [0.15, 0.2) is 6.61 Å². The van der Waals surface area contributed by atoms with Crippen LogP contribution in [0.25, 0.3) is 6.08 Å². The van der Waals surface area contributed by atoms with E-state index in [1.807, 2.05) is 49.4 Å². The third kappa shape index (κ3) is 6.90. The van der Waals surface area contributed by atoms with E-state index in [1.54, 1.807) is 6.08 Å². The maximum Gasteiger partial charge on any atom is 0.276 e. The van der Waals surface area contributed by atoms with Crippen LogP contribution in [0.3, 0.4) is 0 Å². The molecule has 0 aliphatic heterocycles. The van der Waals surface area contributed by atoms with Gasteiger partial charge >= 0.3 is 0 Å². The number of carbonyl (C=O) groups is 2. The van der Waals surface area contributed by atoms with Gasteiger partial charge < -0.3 is 4.74 Å². The third-order valence-corrected chi connectivity index (χ3v) is 4.43. The van der Waals surface area contributed by atoms with Crippen molar-refractivity contribution in [1.29, 1.82) is 0 Å². The van der Waals surface area contributed by atoms with Crippen LogP contribution in [0.4, 0.5) is 0 Å². The van der Waals surface area contributed by atoms with E-state index in [9.17, 15) is 9.59 Å². The maximum absolute atomic E-state index is 11.8. The second-order valence-electron chi connectivity index (χ2n) is 6.41. The highest BCUT2D eigenvalue weighted by atomic mass is 79.9. The van der Waals surface area contributed by atoms with Crippen molar-refractivity contribution in [3.8, 4) is 5.75 Å². The van der Waals surface area contributed by atoms with Crippen molar-refractivity contribution in [1.82, 2.24) is 10.9 Å². The van der Waals surface area contributed by atoms with Crippen LogP contribution in [0.2, 0.25) is 0 Å². The zero-order valence-corrected chi connectivity index (χ0v) is 17.2. The second-order valence-corrected chi connectivity index (χ2v) is 7.27. The number of amides is 2. The molecule has 0 saturated carbocycles. The number of rotatable bonds is 6. The number of ether oxygens (including phenoxy) is 1. The van der Waals surface area contributed by atoms with Crippen LogP contribution < -0.4 is 15.6 Å². The number of halogens is 1. The Kier molecular flexibility index (Phi) is 7.61. The summed E-state index contributed by atoms with van der Waals surface area (Å²) in [4.78, 5) is 23.6. The molecule has 0 heterocycles. The Bertz CT molecular complexity index is 830. The molecule has 0 bridgehead atoms. The third-order valence-electron chi connectivity index (χ3n) is 3.81. The standard InChI is InChI=1S/C21H23BrN2O3/c1-14(2)17-9-10-19(18(22)12-17)27-13-21(26)24-23-20(25)11-8-16-6-4-15(3)5-7-16/h4-12,14H,13H2,1-3H3,(H,23,25)(H,24,26). The summed E-state index contributed by atoms with van der Waals surface area (Å²) in [6.45, 7) is 5.99. The fourth-order valence-corrected chi connectivity index (χ4v) is 2.71. The highest BCUT2D eigenvalue weighted by Gasteiger charge is 2.08. The number of aryl methyl sites for hydroxylation is 1. The summed E-state index contributed by atoms with van der Waals surface area (Å²) in [5.41, 5.74) is 7.86. The van der Waals surface area contributed by atoms with Crippen LogP contribution >= 0.6 is 15.9 Å². The van der Waals surface area contributed by atoms with Crippen LogP contribution in [-0.4, -0.2) is 18.4 Å². The Morgan fingerprint density at radius 2 is 1.81 bits per heavy atom. The first kappa shape index (κ1) is 20.7. The molecule has 6 heteroatoms. The van der Waals surface area contributed by atoms with E-state index in [4.69, 9.17) is 4.74 Å². The van der Waals surface area contributed by atoms with Crippen molar-refractivity contribution in [2.45, 2.75) is 26.7 Å². The van der Waals surface area contributed by atoms with Gasteiger partial charge in [0, 0.05) is 6.08 Å². The molecule has 2 aromatic carbocycles. The predicted molar refractivity (Wildman–Crippen MR) is 110 cm³/mol. The normalized spacial score (nSPS) is 10.9. The lowest BCUT2D eigenvalue weighted by Crippen LogP contribution is -2.43. The molecule has 142 valence electrons. The second kappa shape index (κ2) is 9.92. The molecule has 0 aliphatic rings. The summed E-state index contributed by atoms with van der Waals surface area (Å²) in [6.07, 6.45) is 3.03. The lowest BCUT2D eigenvalue weighted by Gasteiger charge is -2.11. The molecule has 2 aromatic rings. The van der Waals surface area contributed by atoms with Crippen molar-refractivity contribution >= 4 is 33.8 Å². The number of benzene rings is 2. The fraction of sp³-hybridized carbons (Fsp3) is 0.238. The molecule has 0 unspecified atom stereocenters. The molecule has 0 fully saturated rings. The SMILES string of the molecule is Cc1ccc(C=CC(=O)NNC(=O)COc2ccc(C(C)C)cc2Br)cc1. The monoisotopic (exact) mass is 430 g/mol. The van der Waals surface area contributed by atoms with Crippen LogP contribution in [0.1, 0.15) is 36.5 Å². The van der Waals surface area contributed by atoms with Gasteiger partial charge in [-0.3, -0.25) is 20.4 Å². The Morgan fingerprint density at radius 1 is 1.11 bits per heavy atom. The van der Waals surface area contributed by atoms with Crippen molar-refractivity contribution < 1.29 is 14.3 Å². The molecule has 2 amide bonds. The Balaban J connectivity index is 1.77. The van der Waals surface area contributed by atoms with Gasteiger partial charge in [-0.1, -0.05) is 49.7 Å². The molecule has 2 rings (SSSR count). The van der Waals surface area contributed by atoms with Crippen LogP contribution in [0.15, 0.2) is 53.0 Å². The summed E-state index contributed by atoms with van der Waals surface area (Å²) >= 11 is 3.44. The topological polar surface area (TPSA) is 67.4 Å². The maximum atomic E-state index is 11.8. The smallest absolute Gasteiger partial charge is 0.276 e. The van der Waals surface area contributed by atoms with Crippen molar-refractivity contribution in [2.75, 3.05) is 6.61 Å². The molecule has 27 heavy (non-hydrogen) atoms. The number of nitrogens with one attached hydrogen (secondary N) is 2. The molecule has 0 spiro atoms. The van der Waals surface area contributed by atoms with E-state index in [1.165, 1.54) is 11.6 Å². The predicted octanol–water partition coefficient (Wildman–Crippen LogP) is 4.12. The van der Waals surface area contributed by atoms with Crippen molar-refractivity contribution in [3.05, 3.63) is 69.7 Å². The first-order chi connectivity index (χ1) is 12.8. The summed E-state index contributed by atoms with van der Waals surface area (Å²) in [7, 11) is 0. The van der Waals surface area contributed by atoms with Crippen LogP contribution in [0, 0.1) is 6.92 Å². The summed E-state index contributed by atoms with van der Waals surface area (Å²) in [5, 5.41) is 0. The highest BCUT2D eigenvalue weighted by molar-refractivity contribution is 9.10. The summed E-state index contributed by atoms with van der Waals surface area (Å²) < 4.78 is 6.26. The zero-order valence-electron chi connectivity index (χ0n) is 15.6. The zero-order chi connectivity index (χ0) is 19.8. The van der Waals surface area contributed by atoms with Gasteiger partial charge in [-0.25, -0.2) is 0 Å². The first-order valence-electron chi connectivity index (χ1n) is 8.61. The van der Waals surface area contributed by atoms with Crippen molar-refractivity contribution in [3.63, 3.8) is 0 Å². The van der Waals surface area contributed by atoms with Gasteiger partial charge in [0.25, 0.3) is 11.8 Å². The number of hydrazine groups is 1. The van der Waals surface area contributed by atoms with Crippen LogP contribution in [-0.2, 0) is 9.59 Å². The van der Waals surface area contributed by atoms with Crippen molar-refractivity contribution in [2.24, 2.45) is 0 Å². The lowest BCUT2D eigenvalue weighted by atomic mass is 10.0. The Labute approximate surface area is 167 Å². The first-order valence-corrected chi connectivity index (χ1v) is 9.40. The molecular weight excluding hydrogens is 408 g/mol. The average molecular weight is 431 g/mol. The molecular formula is C21H23BrN2O3. The highest BCUT2D eigenvalue weighted by Crippen LogP contribution is 2.28. The van der Waals surface area contributed by atoms with Crippen LogP contribution in [0.5, 0.6) is 5.75 Å².